The van der Waals surface area contributed by atoms with Crippen LogP contribution in [0.2, 0.25) is 0 Å². The largest absolute Gasteiger partial charge is 0.493 e. The fourth-order valence-electron chi connectivity index (χ4n) is 12.4. The minimum absolute atomic E-state index is 0.000306. The monoisotopic (exact) mass is 1230 g/mol. The molecule has 1 unspecified atom stereocenters. The van der Waals surface area contributed by atoms with Gasteiger partial charge in [0, 0.05) is 81.5 Å². The number of benzene rings is 5. The lowest BCUT2D eigenvalue weighted by Gasteiger charge is -2.39. The van der Waals surface area contributed by atoms with Crippen molar-refractivity contribution in [1.82, 2.24) is 25.0 Å². The van der Waals surface area contributed by atoms with Gasteiger partial charge in [0.05, 0.1) is 53.4 Å². The summed E-state index contributed by atoms with van der Waals surface area (Å²) in [6.07, 6.45) is 6.43. The Labute approximate surface area is 527 Å². The van der Waals surface area contributed by atoms with Crippen LogP contribution in [0.15, 0.2) is 133 Å². The molecule has 0 aliphatic carbocycles. The molecule has 11 rings (SSSR count). The van der Waals surface area contributed by atoms with E-state index < -0.39 is 36.2 Å². The molecule has 6 aromatic rings. The van der Waals surface area contributed by atoms with Crippen molar-refractivity contribution in [3.8, 4) is 17.2 Å². The molecular weight excluding hydrogens is 1160 g/mol. The number of fused-ring (bicyclic) bond motifs is 6. The number of rotatable bonds is 23. The van der Waals surface area contributed by atoms with E-state index in [2.05, 4.69) is 22.4 Å². The number of anilines is 1. The summed E-state index contributed by atoms with van der Waals surface area (Å²) in [5.41, 5.74) is 8.64. The Morgan fingerprint density at radius 2 is 1.36 bits per heavy atom. The zero-order chi connectivity index (χ0) is 64.0. The van der Waals surface area contributed by atoms with Gasteiger partial charge in [-0.15, -0.1) is 0 Å². The fraction of sp³-hybridized carbons (Fsp3) is 0.352. The number of aliphatic hydroxyl groups excluding tert-OH is 1. The summed E-state index contributed by atoms with van der Waals surface area (Å²) in [6, 6.07) is 31.0. The van der Waals surface area contributed by atoms with Crippen molar-refractivity contribution in [2.75, 3.05) is 18.6 Å². The van der Waals surface area contributed by atoms with Gasteiger partial charge >= 0.3 is 6.09 Å². The Bertz CT molecular complexity index is 3880. The molecule has 91 heavy (non-hydrogen) atoms. The summed E-state index contributed by atoms with van der Waals surface area (Å²) < 4.78 is 24.5. The minimum Gasteiger partial charge on any atom is -0.493 e. The van der Waals surface area contributed by atoms with Gasteiger partial charge in [0.2, 0.25) is 5.91 Å². The van der Waals surface area contributed by atoms with Crippen molar-refractivity contribution < 1.29 is 62.4 Å². The van der Waals surface area contributed by atoms with E-state index in [1.54, 1.807) is 54.4 Å². The highest BCUT2D eigenvalue weighted by Crippen LogP contribution is 2.43. The molecule has 5 atom stereocenters. The maximum atomic E-state index is 14.8. The van der Waals surface area contributed by atoms with Gasteiger partial charge in [-0.2, -0.15) is 0 Å². The van der Waals surface area contributed by atoms with Gasteiger partial charge in [-0.25, -0.2) is 9.69 Å². The zero-order valence-corrected chi connectivity index (χ0v) is 51.6. The van der Waals surface area contributed by atoms with Crippen LogP contribution in [-0.4, -0.2) is 116 Å². The number of aromatic nitrogens is 1. The number of carbonyl (C=O) groups is 8. The maximum absolute atomic E-state index is 14.8. The molecule has 20 heteroatoms. The molecule has 0 bridgehead atoms. The minimum atomic E-state index is -1.57. The van der Waals surface area contributed by atoms with Crippen LogP contribution in [0.3, 0.4) is 0 Å². The topological polar surface area (TPSA) is 244 Å². The van der Waals surface area contributed by atoms with E-state index in [0.717, 1.165) is 27.2 Å². The lowest BCUT2D eigenvalue weighted by molar-refractivity contribution is -0.137. The van der Waals surface area contributed by atoms with Gasteiger partial charge in [-0.05, 0) is 114 Å². The Kier molecular flexibility index (Phi) is 19.0. The number of ketones is 2. The normalized spacial score (nSPS) is 17.8. The number of carbonyl (C=O) groups excluding carboxylic acids is 8. The number of pyridine rings is 1. The summed E-state index contributed by atoms with van der Waals surface area (Å²) in [5, 5.41) is 15.2. The molecule has 5 aliphatic heterocycles. The van der Waals surface area contributed by atoms with Crippen LogP contribution in [0.4, 0.5) is 16.2 Å². The molecule has 1 aromatic heterocycles. The van der Waals surface area contributed by atoms with E-state index in [9.17, 15) is 43.5 Å². The Morgan fingerprint density at radius 1 is 0.692 bits per heavy atom. The third-order valence-corrected chi connectivity index (χ3v) is 17.7. The van der Waals surface area contributed by atoms with Gasteiger partial charge < -0.3 is 39.2 Å². The molecule has 2 N–H and O–H groups in total. The van der Waals surface area contributed by atoms with Crippen molar-refractivity contribution in [1.29, 1.82) is 0 Å². The van der Waals surface area contributed by atoms with Crippen LogP contribution >= 0.6 is 0 Å². The molecule has 5 aliphatic rings. The van der Waals surface area contributed by atoms with E-state index in [1.165, 1.54) is 41.9 Å². The van der Waals surface area contributed by atoms with Crippen LogP contribution in [0.5, 0.6) is 17.2 Å². The summed E-state index contributed by atoms with van der Waals surface area (Å²) in [6.45, 7) is 8.03. The molecule has 0 saturated heterocycles. The van der Waals surface area contributed by atoms with E-state index in [4.69, 9.17) is 23.9 Å². The number of aryl methyl sites for hydroxylation is 1. The maximum Gasteiger partial charge on any atom is 0.416 e. The predicted octanol–water partition coefficient (Wildman–Crippen LogP) is 9.22. The second kappa shape index (κ2) is 27.5. The Balaban J connectivity index is 0.728. The van der Waals surface area contributed by atoms with Gasteiger partial charge in [0.25, 0.3) is 23.6 Å². The number of Topliss-reactive ketones (excluding diaryl/α,β-unsaturated/α-hetero) is 2. The average molecular weight is 1230 g/mol. The smallest absolute Gasteiger partial charge is 0.416 e. The number of unbranched alkanes of at least 4 members (excludes halogenated alkanes) is 2. The van der Waals surface area contributed by atoms with Crippen LogP contribution < -0.4 is 24.4 Å². The second-order valence-electron chi connectivity index (χ2n) is 24.2. The molecule has 5 aromatic carbocycles. The first-order chi connectivity index (χ1) is 43.9. The molecule has 20 nitrogen and oxygen atoms in total. The number of ether oxygens (including phenoxy) is 4. The Hall–Kier alpha value is -9.82. The van der Waals surface area contributed by atoms with Crippen molar-refractivity contribution in [2.24, 2.45) is 16.8 Å². The lowest BCUT2D eigenvalue weighted by atomic mass is 9.88. The zero-order valence-electron chi connectivity index (χ0n) is 51.6. The van der Waals surface area contributed by atoms with Crippen LogP contribution in [0, 0.1) is 18.8 Å². The first-order valence-corrected chi connectivity index (χ1v) is 30.9. The highest BCUT2D eigenvalue weighted by Gasteiger charge is 2.46. The van der Waals surface area contributed by atoms with Crippen molar-refractivity contribution >= 4 is 64.8 Å². The van der Waals surface area contributed by atoms with Crippen molar-refractivity contribution in [3.63, 3.8) is 0 Å². The number of nitrogens with one attached hydrogen (secondary N) is 1. The molecule has 470 valence electrons. The third kappa shape index (κ3) is 14.0. The SMILES string of the molecule is COc1cc2c(cc1OCc1ccnc(COc3cc4c(cc3C)C(=O)N3Cc5ccccc5C[C@H]3C=N4)c1)N(C(=O)OCc1ccc(CC(=O)[C@H](C)NC(=O)[C@@H](CC(=O)CCCCCN3C(=O)C=CC3=O)C(C)C)cc1)C(O)[C@@H]1Cc3ccccc3CN1C2=O. The molecule has 0 fully saturated rings. The van der Waals surface area contributed by atoms with E-state index >= 15 is 0 Å². The number of imide groups is 1. The molecule has 0 spiro atoms. The van der Waals surface area contributed by atoms with Crippen LogP contribution in [0.25, 0.3) is 0 Å². The number of hydrogen-bond acceptors (Lipinski definition) is 15. The summed E-state index contributed by atoms with van der Waals surface area (Å²) in [5.74, 6) is -1.79. The average Bonchev–Trinajstić information content (AvgIpc) is 1.68. The highest BCUT2D eigenvalue weighted by molar-refractivity contribution is 6.13. The van der Waals surface area contributed by atoms with Crippen molar-refractivity contribution in [3.05, 3.63) is 189 Å². The molecule has 6 heterocycles. The number of aliphatic imine (C=N–C) groups is 1. The summed E-state index contributed by atoms with van der Waals surface area (Å²) in [7, 11) is 1.45. The molecule has 0 radical (unpaired) electrons. The third-order valence-electron chi connectivity index (χ3n) is 17.7. The van der Waals surface area contributed by atoms with E-state index in [-0.39, 0.29) is 128 Å². The van der Waals surface area contributed by atoms with Gasteiger partial charge in [0.15, 0.2) is 23.5 Å². The standard InChI is InChI=1S/C71H73N7O13/c1-42(2)55(32-54(79)17-7-6-12-26-75-65(81)22-23-66(75)82)67(83)74-44(4)61(80)29-45-18-20-46(21-19-45)39-91-71(87)78-59-35-64(63(88-5)33-57(59)69(85)77-38-51-16-11-9-14-49(51)31-60(77)70(78)86)89-40-47-24-25-72-52(28-47)41-90-62-34-58-56(27-43(62)3)68(84)76-37-50-15-10-8-13-48(50)30-53(76)36-73-58/h8-11,13-16,18-25,27-28,33-36,42,44,53,55,60,70,86H,6-7,12,17,26,29-32,37-41H2,1-5H3,(H,74,83)/t44-,53-,55-,60-,70?/m0/s1. The lowest BCUT2D eigenvalue weighted by Crippen LogP contribution is -2.55. The van der Waals surface area contributed by atoms with Gasteiger partial charge in [0.1, 0.15) is 31.4 Å². The number of amides is 6. The van der Waals surface area contributed by atoms with E-state index in [1.807, 2.05) is 80.4 Å². The van der Waals surface area contributed by atoms with Gasteiger partial charge in [-0.3, -0.25) is 48.4 Å². The molecular formula is C71H73N7O13. The second-order valence-corrected chi connectivity index (χ2v) is 24.2. The first kappa shape index (κ1) is 62.8. The predicted molar refractivity (Wildman–Crippen MR) is 337 cm³/mol. The van der Waals surface area contributed by atoms with E-state index in [0.29, 0.717) is 71.6 Å². The number of aliphatic hydroxyl groups is 1. The molecule has 6 amide bonds. The Morgan fingerprint density at radius 3 is 2.08 bits per heavy atom. The van der Waals surface area contributed by atoms with Gasteiger partial charge in [-0.1, -0.05) is 93.1 Å². The fourth-order valence-corrected chi connectivity index (χ4v) is 12.4. The van der Waals surface area contributed by atoms with Crippen LogP contribution in [-0.2, 0) is 80.9 Å². The van der Waals surface area contributed by atoms with Crippen LogP contribution in [0.1, 0.15) is 124 Å². The van der Waals surface area contributed by atoms with Crippen molar-refractivity contribution in [2.45, 2.75) is 136 Å². The molecule has 0 saturated carbocycles. The number of methoxy groups -OCH3 is 1. The quantitative estimate of drug-likeness (QED) is 0.0449. The number of nitrogens with zero attached hydrogens (tertiary/aromatic N) is 6. The highest BCUT2D eigenvalue weighted by atomic mass is 16.6. The summed E-state index contributed by atoms with van der Waals surface area (Å²) in [4.78, 5) is 122. The first-order valence-electron chi connectivity index (χ1n) is 30.9. The summed E-state index contributed by atoms with van der Waals surface area (Å²) >= 11 is 0. The number of hydrogen-bond donors (Lipinski definition) is 2.